The van der Waals surface area contributed by atoms with Crippen LogP contribution in [0.15, 0.2) is 74.2 Å². The largest absolute Gasteiger partial charge is 0.500 e. The van der Waals surface area contributed by atoms with E-state index >= 15 is 0 Å². The van der Waals surface area contributed by atoms with E-state index < -0.39 is 6.09 Å². The zero-order valence-corrected chi connectivity index (χ0v) is 15.1. The number of rotatable bonds is 11. The second-order valence-corrected chi connectivity index (χ2v) is 5.42. The van der Waals surface area contributed by atoms with Crippen LogP contribution < -0.4 is 10.6 Å². The quantitative estimate of drug-likeness (QED) is 0.447. The number of carbonyl (C=O) groups excluding carboxylic acids is 1. The smallest absolute Gasteiger partial charge is 0.411 e. The molecule has 0 aliphatic heterocycles. The molecule has 0 heterocycles. The van der Waals surface area contributed by atoms with E-state index in [2.05, 4.69) is 23.8 Å². The van der Waals surface area contributed by atoms with Crippen molar-refractivity contribution in [1.82, 2.24) is 0 Å². The van der Waals surface area contributed by atoms with Crippen molar-refractivity contribution in [1.29, 1.82) is 0 Å². The molecular formula is C21H24N2O4. The first-order valence-electron chi connectivity index (χ1n) is 8.56. The molecule has 6 nitrogen and oxygen atoms in total. The molecule has 2 N–H and O–H groups in total. The Labute approximate surface area is 159 Å². The first kappa shape index (κ1) is 19.9. The summed E-state index contributed by atoms with van der Waals surface area (Å²) in [6, 6.07) is 15.6. The summed E-state index contributed by atoms with van der Waals surface area (Å²) < 4.78 is 14.9. The highest BCUT2D eigenvalue weighted by atomic mass is 16.6. The second-order valence-electron chi connectivity index (χ2n) is 5.42. The molecule has 0 radical (unpaired) electrons. The van der Waals surface area contributed by atoms with E-state index in [0.29, 0.717) is 18.8 Å². The van der Waals surface area contributed by atoms with Gasteiger partial charge < -0.3 is 19.5 Å². The van der Waals surface area contributed by atoms with Crippen LogP contribution in [0.3, 0.4) is 0 Å². The van der Waals surface area contributed by atoms with Crippen LogP contribution in [0, 0.1) is 0 Å². The predicted molar refractivity (Wildman–Crippen MR) is 108 cm³/mol. The monoisotopic (exact) mass is 368 g/mol. The Kier molecular flexibility index (Phi) is 8.30. The number of anilines is 2. The van der Waals surface area contributed by atoms with Crippen LogP contribution in [-0.2, 0) is 14.2 Å². The standard InChI is InChI=1S/C21H24N2O4/c1-3-25-14-13-22-19-9-5-17(6-10-19)18-7-11-20(12-8-18)23-21(24)27-16-15-26-4-2/h3-12,22H,1-2,13-16H2,(H,23,24). The van der Waals surface area contributed by atoms with Gasteiger partial charge in [0.25, 0.3) is 0 Å². The van der Waals surface area contributed by atoms with Crippen LogP contribution >= 0.6 is 0 Å². The number of benzene rings is 2. The van der Waals surface area contributed by atoms with Gasteiger partial charge in [-0.15, -0.1) is 0 Å². The average Bonchev–Trinajstić information content (AvgIpc) is 2.70. The third-order valence-electron chi connectivity index (χ3n) is 3.57. The van der Waals surface area contributed by atoms with Crippen LogP contribution in [0.5, 0.6) is 0 Å². The van der Waals surface area contributed by atoms with E-state index in [-0.39, 0.29) is 13.2 Å². The molecule has 0 aliphatic carbocycles. The molecule has 0 aromatic heterocycles. The van der Waals surface area contributed by atoms with E-state index in [4.69, 9.17) is 14.2 Å². The van der Waals surface area contributed by atoms with Gasteiger partial charge >= 0.3 is 6.09 Å². The van der Waals surface area contributed by atoms with E-state index in [1.165, 1.54) is 12.5 Å². The molecule has 142 valence electrons. The van der Waals surface area contributed by atoms with Gasteiger partial charge in [-0.25, -0.2) is 4.79 Å². The van der Waals surface area contributed by atoms with Crippen molar-refractivity contribution < 1.29 is 19.0 Å². The van der Waals surface area contributed by atoms with Crippen molar-refractivity contribution in [3.05, 3.63) is 74.2 Å². The van der Waals surface area contributed by atoms with Gasteiger partial charge in [0.05, 0.1) is 12.5 Å². The second kappa shape index (κ2) is 11.3. The Hall–Kier alpha value is -3.41. The number of amides is 1. The Morgan fingerprint density at radius 1 is 0.815 bits per heavy atom. The van der Waals surface area contributed by atoms with Crippen LogP contribution in [0.1, 0.15) is 0 Å². The van der Waals surface area contributed by atoms with Crippen molar-refractivity contribution in [2.45, 2.75) is 0 Å². The fourth-order valence-electron chi connectivity index (χ4n) is 2.28. The van der Waals surface area contributed by atoms with Crippen molar-refractivity contribution in [3.8, 4) is 11.1 Å². The van der Waals surface area contributed by atoms with Gasteiger partial charge in [0.2, 0.25) is 0 Å². The minimum absolute atomic E-state index is 0.163. The SMILES string of the molecule is C=COCCNc1ccc(-c2ccc(NC(=O)OCCOC=C)cc2)cc1. The lowest BCUT2D eigenvalue weighted by molar-refractivity contribution is 0.123. The number of nitrogens with one attached hydrogen (secondary N) is 2. The molecule has 0 unspecified atom stereocenters. The molecule has 0 bridgehead atoms. The summed E-state index contributed by atoms with van der Waals surface area (Å²) in [5, 5.41) is 5.93. The molecule has 0 saturated carbocycles. The summed E-state index contributed by atoms with van der Waals surface area (Å²) in [5.41, 5.74) is 3.82. The highest BCUT2D eigenvalue weighted by Crippen LogP contribution is 2.23. The van der Waals surface area contributed by atoms with Crippen molar-refractivity contribution in [2.24, 2.45) is 0 Å². The highest BCUT2D eigenvalue weighted by Gasteiger charge is 2.04. The number of ether oxygens (including phenoxy) is 3. The molecule has 6 heteroatoms. The van der Waals surface area contributed by atoms with Gasteiger partial charge in [0.15, 0.2) is 0 Å². The number of hydrogen-bond acceptors (Lipinski definition) is 5. The first-order chi connectivity index (χ1) is 13.2. The third-order valence-corrected chi connectivity index (χ3v) is 3.57. The zero-order valence-electron chi connectivity index (χ0n) is 15.1. The van der Waals surface area contributed by atoms with Crippen molar-refractivity contribution in [3.63, 3.8) is 0 Å². The lowest BCUT2D eigenvalue weighted by Gasteiger charge is -2.09. The van der Waals surface area contributed by atoms with Crippen molar-refractivity contribution >= 4 is 17.5 Å². The summed E-state index contributed by atoms with van der Waals surface area (Å²) >= 11 is 0. The highest BCUT2D eigenvalue weighted by molar-refractivity contribution is 5.85. The lowest BCUT2D eigenvalue weighted by Crippen LogP contribution is -2.16. The minimum Gasteiger partial charge on any atom is -0.500 e. The molecule has 2 aromatic rings. The summed E-state index contributed by atoms with van der Waals surface area (Å²) in [4.78, 5) is 11.7. The van der Waals surface area contributed by atoms with Crippen LogP contribution in [-0.4, -0.2) is 32.5 Å². The van der Waals surface area contributed by atoms with E-state index in [1.807, 2.05) is 48.5 Å². The summed E-state index contributed by atoms with van der Waals surface area (Å²) in [6.45, 7) is 8.64. The van der Waals surface area contributed by atoms with Crippen LogP contribution in [0.2, 0.25) is 0 Å². The predicted octanol–water partition coefficient (Wildman–Crippen LogP) is 4.63. The summed E-state index contributed by atoms with van der Waals surface area (Å²) in [5.74, 6) is 0. The first-order valence-corrected chi connectivity index (χ1v) is 8.56. The van der Waals surface area contributed by atoms with Gasteiger partial charge in [0, 0.05) is 17.9 Å². The van der Waals surface area contributed by atoms with Gasteiger partial charge in [-0.2, -0.15) is 0 Å². The van der Waals surface area contributed by atoms with Gasteiger partial charge in [0.1, 0.15) is 19.8 Å². The normalized spacial score (nSPS) is 9.78. The van der Waals surface area contributed by atoms with E-state index in [0.717, 1.165) is 16.8 Å². The minimum atomic E-state index is -0.522. The molecule has 27 heavy (non-hydrogen) atoms. The zero-order chi connectivity index (χ0) is 19.3. The summed E-state index contributed by atoms with van der Waals surface area (Å²) in [7, 11) is 0. The van der Waals surface area contributed by atoms with E-state index in [9.17, 15) is 4.79 Å². The Morgan fingerprint density at radius 2 is 1.37 bits per heavy atom. The van der Waals surface area contributed by atoms with Gasteiger partial charge in [-0.1, -0.05) is 37.4 Å². The molecule has 1 amide bonds. The molecule has 2 rings (SSSR count). The maximum Gasteiger partial charge on any atom is 0.411 e. The fourth-order valence-corrected chi connectivity index (χ4v) is 2.28. The molecule has 0 spiro atoms. The lowest BCUT2D eigenvalue weighted by atomic mass is 10.1. The van der Waals surface area contributed by atoms with Crippen LogP contribution in [0.25, 0.3) is 11.1 Å². The Balaban J connectivity index is 1.84. The topological polar surface area (TPSA) is 68.8 Å². The van der Waals surface area contributed by atoms with Crippen molar-refractivity contribution in [2.75, 3.05) is 37.0 Å². The molecular weight excluding hydrogens is 344 g/mol. The van der Waals surface area contributed by atoms with Gasteiger partial charge in [-0.3, -0.25) is 5.32 Å². The molecule has 0 saturated heterocycles. The summed E-state index contributed by atoms with van der Waals surface area (Å²) in [6.07, 6.45) is 2.21. The van der Waals surface area contributed by atoms with Gasteiger partial charge in [-0.05, 0) is 35.4 Å². The molecule has 0 atom stereocenters. The number of hydrogen-bond donors (Lipinski definition) is 2. The third kappa shape index (κ3) is 7.15. The van der Waals surface area contributed by atoms with E-state index in [1.54, 1.807) is 0 Å². The Morgan fingerprint density at radius 3 is 1.96 bits per heavy atom. The van der Waals surface area contributed by atoms with Crippen LogP contribution in [0.4, 0.5) is 16.2 Å². The fraction of sp³-hybridized carbons (Fsp3) is 0.190. The maximum atomic E-state index is 11.7. The maximum absolute atomic E-state index is 11.7. The average molecular weight is 368 g/mol. The Bertz CT molecular complexity index is 727. The number of carbonyl (C=O) groups is 1. The molecule has 0 aliphatic rings. The molecule has 2 aromatic carbocycles. The molecule has 0 fully saturated rings.